The molecule has 5 nitrogen and oxygen atoms in total. The molecule has 18 heavy (non-hydrogen) atoms. The molecule has 6 heteroatoms. The number of carbonyl (C=O) groups excluding carboxylic acids is 1. The van der Waals surface area contributed by atoms with Crippen molar-refractivity contribution in [1.29, 1.82) is 0 Å². The van der Waals surface area contributed by atoms with Gasteiger partial charge in [-0.1, -0.05) is 0 Å². The van der Waals surface area contributed by atoms with Gasteiger partial charge in [0.2, 0.25) is 0 Å². The summed E-state index contributed by atoms with van der Waals surface area (Å²) in [4.78, 5) is 11.8. The van der Waals surface area contributed by atoms with Gasteiger partial charge in [-0.15, -0.1) is 12.4 Å². The van der Waals surface area contributed by atoms with Gasteiger partial charge in [0.1, 0.15) is 0 Å². The van der Waals surface area contributed by atoms with Crippen LogP contribution in [0.3, 0.4) is 0 Å². The predicted octanol–water partition coefficient (Wildman–Crippen LogP) is 1.54. The van der Waals surface area contributed by atoms with Crippen molar-refractivity contribution < 1.29 is 9.53 Å². The van der Waals surface area contributed by atoms with E-state index >= 15 is 0 Å². The molecule has 0 radical (unpaired) electrons. The molecule has 1 aromatic heterocycles. The van der Waals surface area contributed by atoms with Gasteiger partial charge in [0, 0.05) is 36.8 Å². The Kier molecular flexibility index (Phi) is 5.16. The fourth-order valence-corrected chi connectivity index (χ4v) is 2.21. The molecule has 1 aliphatic heterocycles. The smallest absolute Gasteiger partial charge is 0.359 e. The largest absolute Gasteiger partial charge is 0.461 e. The number of fused-ring (bicyclic) bond motifs is 1. The molecule has 2 rings (SSSR count). The molecule has 0 saturated heterocycles. The summed E-state index contributed by atoms with van der Waals surface area (Å²) in [5, 5.41) is 7.72. The van der Waals surface area contributed by atoms with Gasteiger partial charge >= 0.3 is 5.97 Å². The molecule has 0 aromatic carbocycles. The molecule has 0 unspecified atom stereocenters. The molecule has 0 amide bonds. The number of halogens is 1. The number of carbonyl (C=O) groups is 1. The first kappa shape index (κ1) is 15.0. The average molecular weight is 274 g/mol. The van der Waals surface area contributed by atoms with Gasteiger partial charge in [0.15, 0.2) is 5.69 Å². The fourth-order valence-electron chi connectivity index (χ4n) is 2.21. The monoisotopic (exact) mass is 273 g/mol. The number of hydrogen-bond donors (Lipinski definition) is 1. The summed E-state index contributed by atoms with van der Waals surface area (Å²) in [7, 11) is 0. The molecule has 1 N–H and O–H groups in total. The highest BCUT2D eigenvalue weighted by Crippen LogP contribution is 2.21. The van der Waals surface area contributed by atoms with E-state index in [0.29, 0.717) is 24.9 Å². The minimum Gasteiger partial charge on any atom is -0.461 e. The van der Waals surface area contributed by atoms with Crippen LogP contribution < -0.4 is 5.32 Å². The summed E-state index contributed by atoms with van der Waals surface area (Å²) in [5.41, 5.74) is 2.65. The number of nitrogens with zero attached hydrogens (tertiary/aromatic N) is 2. The van der Waals surface area contributed by atoms with Crippen molar-refractivity contribution >= 4 is 18.4 Å². The SMILES string of the molecule is CCOC(=O)c1nn(CC)c2c1CN[C@H](C)C2.Cl. The molecular formula is C12H20ClN3O2. The van der Waals surface area contributed by atoms with E-state index in [-0.39, 0.29) is 18.4 Å². The average Bonchev–Trinajstić information content (AvgIpc) is 2.67. The third-order valence-electron chi connectivity index (χ3n) is 3.06. The quantitative estimate of drug-likeness (QED) is 0.849. The maximum atomic E-state index is 11.8. The third kappa shape index (κ3) is 2.67. The number of esters is 1. The lowest BCUT2D eigenvalue weighted by Gasteiger charge is -2.21. The van der Waals surface area contributed by atoms with Gasteiger partial charge < -0.3 is 10.1 Å². The molecule has 1 aromatic rings. The van der Waals surface area contributed by atoms with E-state index in [2.05, 4.69) is 17.3 Å². The van der Waals surface area contributed by atoms with Crippen LogP contribution in [0.15, 0.2) is 0 Å². The van der Waals surface area contributed by atoms with Crippen molar-refractivity contribution in [3.63, 3.8) is 0 Å². The van der Waals surface area contributed by atoms with E-state index in [1.807, 2.05) is 18.5 Å². The summed E-state index contributed by atoms with van der Waals surface area (Å²) in [6.07, 6.45) is 0.912. The first-order chi connectivity index (χ1) is 8.17. The number of nitrogens with one attached hydrogen (secondary N) is 1. The fraction of sp³-hybridized carbons (Fsp3) is 0.667. The van der Waals surface area contributed by atoms with Crippen molar-refractivity contribution in [2.45, 2.75) is 46.3 Å². The molecule has 1 aliphatic rings. The molecule has 0 spiro atoms. The highest BCUT2D eigenvalue weighted by Gasteiger charge is 2.27. The Morgan fingerprint density at radius 2 is 2.28 bits per heavy atom. The van der Waals surface area contributed by atoms with Gasteiger partial charge in [-0.25, -0.2) is 4.79 Å². The first-order valence-electron chi connectivity index (χ1n) is 6.16. The van der Waals surface area contributed by atoms with E-state index in [4.69, 9.17) is 4.74 Å². The number of rotatable bonds is 3. The summed E-state index contributed by atoms with van der Waals surface area (Å²) >= 11 is 0. The minimum atomic E-state index is -0.313. The van der Waals surface area contributed by atoms with Crippen molar-refractivity contribution in [3.8, 4) is 0 Å². The van der Waals surface area contributed by atoms with Crippen LogP contribution >= 0.6 is 12.4 Å². The second-order valence-corrected chi connectivity index (χ2v) is 4.30. The Balaban J connectivity index is 0.00000162. The Bertz CT molecular complexity index is 431. The Hall–Kier alpha value is -1.07. The standard InChI is InChI=1S/C12H19N3O2.ClH/c1-4-15-10-6-8(3)13-7-9(10)11(14-15)12(16)17-5-2;/h8,13H,4-7H2,1-3H3;1H/t8-;/m1./s1. The maximum absolute atomic E-state index is 11.8. The Morgan fingerprint density at radius 3 is 2.89 bits per heavy atom. The topological polar surface area (TPSA) is 56.1 Å². The van der Waals surface area contributed by atoms with Gasteiger partial charge in [0.25, 0.3) is 0 Å². The first-order valence-corrected chi connectivity index (χ1v) is 6.16. The summed E-state index contributed by atoms with van der Waals surface area (Å²) in [5.74, 6) is -0.313. The van der Waals surface area contributed by atoms with Gasteiger partial charge in [0.05, 0.1) is 6.61 Å². The summed E-state index contributed by atoms with van der Waals surface area (Å²) < 4.78 is 6.95. The summed E-state index contributed by atoms with van der Waals surface area (Å²) in [6.45, 7) is 7.85. The van der Waals surface area contributed by atoms with Crippen LogP contribution in [-0.2, 0) is 24.2 Å². The highest BCUT2D eigenvalue weighted by atomic mass is 35.5. The molecule has 102 valence electrons. The van der Waals surface area contributed by atoms with Crippen LogP contribution in [-0.4, -0.2) is 28.4 Å². The minimum absolute atomic E-state index is 0. The Labute approximate surface area is 113 Å². The molecule has 2 heterocycles. The second kappa shape index (κ2) is 6.20. The van der Waals surface area contributed by atoms with E-state index < -0.39 is 0 Å². The van der Waals surface area contributed by atoms with Crippen LogP contribution in [0.4, 0.5) is 0 Å². The zero-order chi connectivity index (χ0) is 12.4. The van der Waals surface area contributed by atoms with E-state index in [0.717, 1.165) is 18.5 Å². The maximum Gasteiger partial charge on any atom is 0.359 e. The second-order valence-electron chi connectivity index (χ2n) is 4.30. The van der Waals surface area contributed by atoms with Crippen LogP contribution in [0.1, 0.15) is 42.5 Å². The van der Waals surface area contributed by atoms with Crippen molar-refractivity contribution in [3.05, 3.63) is 17.0 Å². The molecule has 1 atom stereocenters. The lowest BCUT2D eigenvalue weighted by atomic mass is 10.0. The van der Waals surface area contributed by atoms with Crippen molar-refractivity contribution in [2.75, 3.05) is 6.61 Å². The number of ether oxygens (including phenoxy) is 1. The summed E-state index contributed by atoms with van der Waals surface area (Å²) in [6, 6.07) is 0.430. The molecule has 0 saturated carbocycles. The van der Waals surface area contributed by atoms with Crippen LogP contribution in [0.25, 0.3) is 0 Å². The van der Waals surface area contributed by atoms with E-state index in [1.54, 1.807) is 0 Å². The lowest BCUT2D eigenvalue weighted by Crippen LogP contribution is -2.34. The molecule has 0 aliphatic carbocycles. The van der Waals surface area contributed by atoms with Crippen molar-refractivity contribution in [2.24, 2.45) is 0 Å². The third-order valence-corrected chi connectivity index (χ3v) is 3.06. The highest BCUT2D eigenvalue weighted by molar-refractivity contribution is 5.89. The van der Waals surface area contributed by atoms with Crippen LogP contribution in [0.2, 0.25) is 0 Å². The van der Waals surface area contributed by atoms with Gasteiger partial charge in [-0.05, 0) is 20.8 Å². The number of aromatic nitrogens is 2. The zero-order valence-electron chi connectivity index (χ0n) is 11.0. The number of aryl methyl sites for hydroxylation is 1. The van der Waals surface area contributed by atoms with Gasteiger partial charge in [-0.2, -0.15) is 5.10 Å². The zero-order valence-corrected chi connectivity index (χ0v) is 11.8. The van der Waals surface area contributed by atoms with Crippen LogP contribution in [0.5, 0.6) is 0 Å². The predicted molar refractivity (Wildman–Crippen MR) is 71.1 cm³/mol. The molecule has 0 bridgehead atoms. The van der Waals surface area contributed by atoms with Gasteiger partial charge in [-0.3, -0.25) is 4.68 Å². The Morgan fingerprint density at radius 1 is 1.56 bits per heavy atom. The number of hydrogen-bond acceptors (Lipinski definition) is 4. The molecular weight excluding hydrogens is 254 g/mol. The van der Waals surface area contributed by atoms with Crippen LogP contribution in [0, 0.1) is 0 Å². The molecule has 0 fully saturated rings. The van der Waals surface area contributed by atoms with E-state index in [1.165, 1.54) is 5.69 Å². The van der Waals surface area contributed by atoms with Crippen molar-refractivity contribution in [1.82, 2.24) is 15.1 Å². The van der Waals surface area contributed by atoms with E-state index in [9.17, 15) is 4.79 Å². The lowest BCUT2D eigenvalue weighted by molar-refractivity contribution is 0.0517. The normalized spacial score (nSPS) is 17.8.